The minimum absolute atomic E-state index is 0.309. The van der Waals surface area contributed by atoms with Gasteiger partial charge in [-0.05, 0) is 31.8 Å². The minimum atomic E-state index is -4.12. The summed E-state index contributed by atoms with van der Waals surface area (Å²) in [6.45, 7) is 5.33. The maximum absolute atomic E-state index is 12.3. The maximum Gasteiger partial charge on any atom is 0.401 e. The number of halogens is 3. The van der Waals surface area contributed by atoms with Crippen molar-refractivity contribution in [3.63, 3.8) is 0 Å². The van der Waals surface area contributed by atoms with Crippen molar-refractivity contribution in [2.24, 2.45) is 5.92 Å². The fourth-order valence-corrected chi connectivity index (χ4v) is 2.07. The highest BCUT2D eigenvalue weighted by molar-refractivity contribution is 4.79. The summed E-state index contributed by atoms with van der Waals surface area (Å²) in [6, 6.07) is 0. The fraction of sp³-hybridized carbons (Fsp3) is 0.818. The van der Waals surface area contributed by atoms with Crippen LogP contribution in [0.2, 0.25) is 0 Å². The fourth-order valence-electron chi connectivity index (χ4n) is 2.07. The van der Waals surface area contributed by atoms with Crippen LogP contribution in [0.4, 0.5) is 13.2 Å². The van der Waals surface area contributed by atoms with Crippen molar-refractivity contribution in [3.8, 4) is 0 Å². The van der Waals surface area contributed by atoms with Crippen molar-refractivity contribution in [1.82, 2.24) is 10.2 Å². The second kappa shape index (κ2) is 6.25. The van der Waals surface area contributed by atoms with Gasteiger partial charge in [0, 0.05) is 13.1 Å². The molecular formula is C11H19F3N2. The lowest BCUT2D eigenvalue weighted by atomic mass is 9.97. The Morgan fingerprint density at radius 1 is 1.31 bits per heavy atom. The predicted molar refractivity (Wildman–Crippen MR) is 58.3 cm³/mol. The largest absolute Gasteiger partial charge is 0.401 e. The zero-order valence-corrected chi connectivity index (χ0v) is 9.39. The summed E-state index contributed by atoms with van der Waals surface area (Å²) in [4.78, 5) is 1.43. The summed E-state index contributed by atoms with van der Waals surface area (Å²) in [5.74, 6) is 0.378. The van der Waals surface area contributed by atoms with E-state index in [2.05, 4.69) is 11.9 Å². The molecule has 0 bridgehead atoms. The third-order valence-corrected chi connectivity index (χ3v) is 2.77. The molecular weight excluding hydrogens is 217 g/mol. The number of alkyl halides is 3. The van der Waals surface area contributed by atoms with Crippen molar-refractivity contribution in [2.75, 3.05) is 32.7 Å². The molecule has 1 saturated heterocycles. The molecule has 16 heavy (non-hydrogen) atoms. The van der Waals surface area contributed by atoms with Crippen molar-refractivity contribution in [3.05, 3.63) is 12.7 Å². The Balaban J connectivity index is 2.39. The summed E-state index contributed by atoms with van der Waals surface area (Å²) in [7, 11) is 0. The summed E-state index contributed by atoms with van der Waals surface area (Å²) in [5, 5.41) is 3.21. The molecule has 0 radical (unpaired) electrons. The quantitative estimate of drug-likeness (QED) is 0.735. The Morgan fingerprint density at radius 2 is 1.94 bits per heavy atom. The lowest BCUT2D eigenvalue weighted by molar-refractivity contribution is -0.146. The molecule has 0 atom stereocenters. The van der Waals surface area contributed by atoms with E-state index in [0.717, 1.165) is 25.9 Å². The molecule has 1 aliphatic rings. The SMILES string of the molecule is C=CCN(CC1CCNCC1)CC(F)(F)F. The Bertz CT molecular complexity index is 210. The van der Waals surface area contributed by atoms with Crippen LogP contribution in [0.5, 0.6) is 0 Å². The lowest BCUT2D eigenvalue weighted by Gasteiger charge is -2.29. The molecule has 1 fully saturated rings. The third-order valence-electron chi connectivity index (χ3n) is 2.77. The highest BCUT2D eigenvalue weighted by Gasteiger charge is 2.31. The predicted octanol–water partition coefficient (Wildman–Crippen LogP) is 2.04. The van der Waals surface area contributed by atoms with Crippen LogP contribution < -0.4 is 5.32 Å². The monoisotopic (exact) mass is 236 g/mol. The van der Waals surface area contributed by atoms with Gasteiger partial charge < -0.3 is 5.32 Å². The van der Waals surface area contributed by atoms with Gasteiger partial charge in [0.15, 0.2) is 0 Å². The molecule has 0 spiro atoms. The van der Waals surface area contributed by atoms with E-state index in [1.165, 1.54) is 11.0 Å². The number of hydrogen-bond donors (Lipinski definition) is 1. The van der Waals surface area contributed by atoms with Gasteiger partial charge >= 0.3 is 6.18 Å². The normalized spacial score (nSPS) is 19.0. The highest BCUT2D eigenvalue weighted by Crippen LogP contribution is 2.19. The molecule has 0 aromatic rings. The zero-order chi connectivity index (χ0) is 12.0. The van der Waals surface area contributed by atoms with Crippen LogP contribution in [0, 0.1) is 5.92 Å². The summed E-state index contributed by atoms with van der Waals surface area (Å²) in [5.41, 5.74) is 0. The van der Waals surface area contributed by atoms with Crippen molar-refractivity contribution in [1.29, 1.82) is 0 Å². The number of hydrogen-bond acceptors (Lipinski definition) is 2. The smallest absolute Gasteiger partial charge is 0.317 e. The van der Waals surface area contributed by atoms with Crippen molar-refractivity contribution in [2.45, 2.75) is 19.0 Å². The van der Waals surface area contributed by atoms with E-state index in [9.17, 15) is 13.2 Å². The summed E-state index contributed by atoms with van der Waals surface area (Å²) >= 11 is 0. The van der Waals surface area contributed by atoms with E-state index in [1.54, 1.807) is 0 Å². The van der Waals surface area contributed by atoms with Crippen LogP contribution in [0.15, 0.2) is 12.7 Å². The molecule has 94 valence electrons. The average molecular weight is 236 g/mol. The molecule has 0 aliphatic carbocycles. The molecule has 1 N–H and O–H groups in total. The van der Waals surface area contributed by atoms with Gasteiger partial charge in [-0.25, -0.2) is 0 Å². The van der Waals surface area contributed by atoms with Crippen LogP contribution in [0.3, 0.4) is 0 Å². The first-order valence-electron chi connectivity index (χ1n) is 5.62. The minimum Gasteiger partial charge on any atom is -0.317 e. The van der Waals surface area contributed by atoms with Crippen LogP contribution in [0.1, 0.15) is 12.8 Å². The third kappa shape index (κ3) is 5.51. The summed E-state index contributed by atoms with van der Waals surface area (Å²) < 4.78 is 36.9. The lowest BCUT2D eigenvalue weighted by Crippen LogP contribution is -2.40. The van der Waals surface area contributed by atoms with Crippen molar-refractivity contribution < 1.29 is 13.2 Å². The average Bonchev–Trinajstić information content (AvgIpc) is 2.17. The van der Waals surface area contributed by atoms with E-state index in [0.29, 0.717) is 19.0 Å². The molecule has 0 unspecified atom stereocenters. The Kier molecular flexibility index (Phi) is 5.28. The first-order chi connectivity index (χ1) is 7.51. The van der Waals surface area contributed by atoms with Gasteiger partial charge in [0.05, 0.1) is 6.54 Å². The Labute approximate surface area is 94.5 Å². The second-order valence-corrected chi connectivity index (χ2v) is 4.29. The van der Waals surface area contributed by atoms with E-state index >= 15 is 0 Å². The van der Waals surface area contributed by atoms with Crippen LogP contribution in [-0.4, -0.2) is 43.8 Å². The first kappa shape index (κ1) is 13.5. The highest BCUT2D eigenvalue weighted by atomic mass is 19.4. The first-order valence-corrected chi connectivity index (χ1v) is 5.62. The molecule has 1 rings (SSSR count). The van der Waals surface area contributed by atoms with E-state index in [-0.39, 0.29) is 0 Å². The molecule has 1 heterocycles. The standard InChI is InChI=1S/C11H19F3N2/c1-2-7-16(9-11(12,13)14)8-10-3-5-15-6-4-10/h2,10,15H,1,3-9H2. The topological polar surface area (TPSA) is 15.3 Å². The van der Waals surface area contributed by atoms with Crippen LogP contribution in [0.25, 0.3) is 0 Å². The molecule has 5 heteroatoms. The van der Waals surface area contributed by atoms with Gasteiger partial charge in [0.2, 0.25) is 0 Å². The van der Waals surface area contributed by atoms with E-state index < -0.39 is 12.7 Å². The Hall–Kier alpha value is -0.550. The molecule has 0 amide bonds. The van der Waals surface area contributed by atoms with Gasteiger partial charge in [-0.3, -0.25) is 4.90 Å². The number of nitrogens with zero attached hydrogens (tertiary/aromatic N) is 1. The Morgan fingerprint density at radius 3 is 2.44 bits per heavy atom. The number of nitrogens with one attached hydrogen (secondary N) is 1. The van der Waals surface area contributed by atoms with E-state index in [4.69, 9.17) is 0 Å². The van der Waals surface area contributed by atoms with Crippen LogP contribution >= 0.6 is 0 Å². The van der Waals surface area contributed by atoms with Gasteiger partial charge in [0.1, 0.15) is 0 Å². The molecule has 2 nitrogen and oxygen atoms in total. The molecule has 0 aromatic heterocycles. The molecule has 0 saturated carbocycles. The van der Waals surface area contributed by atoms with Crippen LogP contribution in [-0.2, 0) is 0 Å². The van der Waals surface area contributed by atoms with Crippen molar-refractivity contribution >= 4 is 0 Å². The van der Waals surface area contributed by atoms with Gasteiger partial charge in [0.25, 0.3) is 0 Å². The van der Waals surface area contributed by atoms with E-state index in [1.807, 2.05) is 0 Å². The molecule has 1 aliphatic heterocycles. The zero-order valence-electron chi connectivity index (χ0n) is 9.39. The van der Waals surface area contributed by atoms with Gasteiger partial charge in [-0.1, -0.05) is 6.08 Å². The van der Waals surface area contributed by atoms with Gasteiger partial charge in [-0.2, -0.15) is 13.2 Å². The molecule has 0 aromatic carbocycles. The summed E-state index contributed by atoms with van der Waals surface area (Å²) in [6.07, 6.45) is -0.653. The number of piperidine rings is 1. The second-order valence-electron chi connectivity index (χ2n) is 4.29. The maximum atomic E-state index is 12.3. The number of rotatable bonds is 5. The van der Waals surface area contributed by atoms with Gasteiger partial charge in [-0.15, -0.1) is 6.58 Å².